The molecule has 11 heterocycles. The fraction of sp³-hybridized carbons (Fsp3) is 0.327. The Morgan fingerprint density at radius 2 is 0.598 bits per heavy atom. The lowest BCUT2D eigenvalue weighted by atomic mass is 9.74. The molecule has 622 valence electrons. The van der Waals surface area contributed by atoms with Crippen molar-refractivity contribution in [3.05, 3.63) is 247 Å². The highest BCUT2D eigenvalue weighted by Gasteiger charge is 2.42. The van der Waals surface area contributed by atoms with Crippen molar-refractivity contribution in [1.82, 2.24) is 30.6 Å². The first-order valence-electron chi connectivity index (χ1n) is 44.1. The molecule has 18 nitrogen and oxygen atoms in total. The first-order valence-corrected chi connectivity index (χ1v) is 44.1. The molecule has 4 N–H and O–H groups in total. The van der Waals surface area contributed by atoms with E-state index in [1.165, 1.54) is 0 Å². The third-order valence-corrected chi connectivity index (χ3v) is 25.6. The molecule has 8 aromatic carbocycles. The summed E-state index contributed by atoms with van der Waals surface area (Å²) in [5.41, 5.74) is 23.4. The molecule has 8 aliphatic heterocycles. The largest absolute Gasteiger partial charge is 0.483 e. The smallest absolute Gasteiger partial charge is 0.258 e. The molecule has 19 rings (SSSR count). The van der Waals surface area contributed by atoms with Crippen LogP contribution in [-0.2, 0) is 22.7 Å². The minimum Gasteiger partial charge on any atom is -0.483 e. The van der Waals surface area contributed by atoms with Crippen molar-refractivity contribution in [1.29, 1.82) is 0 Å². The monoisotopic (exact) mass is 1630 g/mol. The number of nitrogens with zero attached hydrogens (tertiary/aromatic N) is 2. The van der Waals surface area contributed by atoms with Crippen LogP contribution < -0.4 is 58.0 Å². The number of carbonyl (C=O) groups is 2. The maximum absolute atomic E-state index is 15.6. The lowest BCUT2D eigenvalue weighted by Crippen LogP contribution is -2.30. The van der Waals surface area contributed by atoms with Crippen molar-refractivity contribution in [2.45, 2.75) is 181 Å². The number of nitrogens with one attached hydrogen (secondary N) is 4. The van der Waals surface area contributed by atoms with E-state index in [9.17, 15) is 0 Å². The van der Waals surface area contributed by atoms with Crippen molar-refractivity contribution >= 4 is 58.2 Å². The summed E-state index contributed by atoms with van der Waals surface area (Å²) in [4.78, 5) is 50.2. The number of unbranched alkanes of at least 4 members (excludes halogenated alkanes) is 8. The number of aromatic amines is 2. The van der Waals surface area contributed by atoms with Gasteiger partial charge in [-0.2, -0.15) is 0 Å². The minimum absolute atomic E-state index is 0.000440. The molecule has 11 aromatic rings. The molecule has 2 amide bonds. The molecule has 0 radical (unpaired) electrons. The Bertz CT molecular complexity index is 5610. The Morgan fingerprint density at radius 3 is 0.918 bits per heavy atom. The maximum atomic E-state index is 15.6. The zero-order valence-electron chi connectivity index (χ0n) is 70.4. The molecule has 122 heavy (non-hydrogen) atoms. The van der Waals surface area contributed by atoms with Gasteiger partial charge in [0.25, 0.3) is 11.8 Å². The summed E-state index contributed by atoms with van der Waals surface area (Å²) in [5.74, 6) is 4.15. The second-order valence-electron chi connectivity index (χ2n) is 33.2. The minimum atomic E-state index is -0.366. The Hall–Kier alpha value is -12.7. The molecule has 8 aliphatic rings. The van der Waals surface area contributed by atoms with Crippen molar-refractivity contribution in [3.8, 4) is 102 Å². The van der Waals surface area contributed by atoms with Crippen LogP contribution in [0.2, 0.25) is 0 Å². The van der Waals surface area contributed by atoms with Gasteiger partial charge >= 0.3 is 0 Å². The van der Waals surface area contributed by atoms with E-state index in [0.717, 1.165) is 214 Å². The van der Waals surface area contributed by atoms with Crippen molar-refractivity contribution in [2.24, 2.45) is 0 Å². The number of aromatic nitrogens is 4. The Kier molecular flexibility index (Phi) is 22.6. The zero-order chi connectivity index (χ0) is 82.9. The van der Waals surface area contributed by atoms with Gasteiger partial charge < -0.3 is 68.0 Å². The predicted molar refractivity (Wildman–Crippen MR) is 479 cm³/mol. The summed E-state index contributed by atoms with van der Waals surface area (Å²) in [7, 11) is 0. The van der Waals surface area contributed by atoms with E-state index in [1.54, 1.807) is 0 Å². The number of carbonyl (C=O) groups excluding carboxylic acids is 2. The van der Waals surface area contributed by atoms with Crippen LogP contribution in [0.1, 0.15) is 244 Å². The van der Waals surface area contributed by atoms with Crippen LogP contribution in [0.3, 0.4) is 0 Å². The van der Waals surface area contributed by atoms with Crippen LogP contribution in [0.25, 0.3) is 90.9 Å². The second-order valence-corrected chi connectivity index (χ2v) is 33.2. The van der Waals surface area contributed by atoms with Gasteiger partial charge in [-0.05, 0) is 136 Å². The second kappa shape index (κ2) is 34.8. The van der Waals surface area contributed by atoms with Gasteiger partial charge in [-0.15, -0.1) is 0 Å². The van der Waals surface area contributed by atoms with Crippen LogP contribution in [0.15, 0.2) is 158 Å². The highest BCUT2D eigenvalue weighted by molar-refractivity contribution is 6.01. The number of benzene rings is 8. The van der Waals surface area contributed by atoms with Gasteiger partial charge in [0.15, 0.2) is 13.2 Å². The summed E-state index contributed by atoms with van der Waals surface area (Å²) < 4.78 is 71.6. The molecule has 4 atom stereocenters. The predicted octanol–water partition coefficient (Wildman–Crippen LogP) is 23.7. The van der Waals surface area contributed by atoms with Gasteiger partial charge in [0.2, 0.25) is 27.2 Å². The summed E-state index contributed by atoms with van der Waals surface area (Å²) in [6, 6.07) is 54.2. The number of para-hydroxylation sites is 2. The van der Waals surface area contributed by atoms with Crippen LogP contribution in [0, 0.1) is 13.8 Å². The van der Waals surface area contributed by atoms with Crippen molar-refractivity contribution in [3.63, 3.8) is 0 Å². The van der Waals surface area contributed by atoms with Crippen molar-refractivity contribution < 1.29 is 57.0 Å². The number of hydrogen-bond donors (Lipinski definition) is 4. The van der Waals surface area contributed by atoms with E-state index in [4.69, 9.17) is 57.3 Å². The number of rotatable bonds is 18. The van der Waals surface area contributed by atoms with E-state index >= 15 is 9.59 Å². The third-order valence-electron chi connectivity index (χ3n) is 25.6. The average molecular weight is 1630 g/mol. The molecule has 0 saturated carbocycles. The standard InChI is InChI=1S/C104H104N6O12/c1-7-11-17-33-65-71-49-72-66(34-18-12-8-2)77-52-78-68(36-20-14-10-4)74-50-73-67(35-19-13-9-3)76-51-75(65)101-79-53-105-91(111)55-113-89-39-27-25-37-69(89)95-85-45-41-81(107-85)93(63-29-21-15-22-30-63)83-43-47-87(109-83)96(88-48-44-84(110-88)94(64-31-23-16-24-32-64)82-42-46-86(95)108-82)70-38-26-28-40-90(70)114-56-92(112)106-54-80(103(77)121-58-116-98(72)61(5)97(71)115-57-119-101)104(78)122-60-118-100(74)62(6)99(73)117-59-120-102(76)79/h15-16,21-32,37-52,65-68,107,110H,7-14,17-20,33-36,53-60H2,1-6H3,(H,105,111)(H,106,112). The Balaban J connectivity index is 0.885. The van der Waals surface area contributed by atoms with E-state index in [2.05, 4.69) is 159 Å². The molecular weight excluding hydrogens is 1530 g/mol. The molecule has 18 heteroatoms. The molecule has 0 fully saturated rings. The van der Waals surface area contributed by atoms with Crippen LogP contribution >= 0.6 is 0 Å². The number of amides is 2. The molecule has 3 aromatic heterocycles. The Labute approximate surface area is 712 Å². The van der Waals surface area contributed by atoms with E-state index < -0.39 is 0 Å². The average Bonchev–Trinajstić information content (AvgIpc) is 0.905. The molecule has 0 aliphatic carbocycles. The van der Waals surface area contributed by atoms with Gasteiger partial charge in [0, 0.05) is 135 Å². The number of fused-ring (bicyclic) bond motifs is 12. The van der Waals surface area contributed by atoms with Gasteiger partial charge in [-0.25, -0.2) is 9.97 Å². The van der Waals surface area contributed by atoms with Crippen LogP contribution in [0.4, 0.5) is 0 Å². The Morgan fingerprint density at radius 1 is 0.320 bits per heavy atom. The fourth-order valence-electron chi connectivity index (χ4n) is 19.9. The van der Waals surface area contributed by atoms with Gasteiger partial charge in [-0.3, -0.25) is 9.59 Å². The number of H-pyrrole nitrogens is 2. The van der Waals surface area contributed by atoms with Crippen LogP contribution in [-0.4, -0.2) is 72.1 Å². The topological polar surface area (TPSA) is 208 Å². The van der Waals surface area contributed by atoms with Gasteiger partial charge in [0.05, 0.1) is 47.0 Å². The first kappa shape index (κ1) is 79.1. The third kappa shape index (κ3) is 14.9. The fourth-order valence-corrected chi connectivity index (χ4v) is 19.9. The summed E-state index contributed by atoms with van der Waals surface area (Å²) in [6.45, 7) is 11.9. The van der Waals surface area contributed by atoms with Crippen molar-refractivity contribution in [2.75, 3.05) is 40.4 Å². The number of hydrogen-bond acceptors (Lipinski definition) is 14. The van der Waals surface area contributed by atoms with E-state index in [1.807, 2.05) is 84.9 Å². The maximum Gasteiger partial charge on any atom is 0.258 e. The lowest BCUT2D eigenvalue weighted by molar-refractivity contribution is -0.124. The normalized spacial score (nSPS) is 17.1. The SMILES string of the molecule is CCCCCC1c2cc3c4c(C)c2OCOc2c1cc1c5c2CNC(=O)COc2ccccc2-c2c6nc(c(-c7ccccc7)c7ccc([nH]7)c(c7nc(c(-c8ccccc8)c8ccc2[nH]8)C=C7)-c2ccccc2OCC(=O)NCc2c(c(cc7c2OCOc2c(cc(c(c2C)OCO5)C1CCCCC)C7CCCCC)C3CCCCC)OCO4)C=C6. The molecule has 0 saturated heterocycles. The van der Waals surface area contributed by atoms with E-state index in [0.29, 0.717) is 103 Å². The van der Waals surface area contributed by atoms with Gasteiger partial charge in [0.1, 0.15) is 57.5 Å². The first-order chi connectivity index (χ1) is 60.0. The van der Waals surface area contributed by atoms with Gasteiger partial charge in [-0.1, -0.05) is 202 Å². The molecule has 4 unspecified atom stereocenters. The highest BCUT2D eigenvalue weighted by atomic mass is 16.7. The summed E-state index contributed by atoms with van der Waals surface area (Å²) in [5, 5.41) is 6.83. The molecule has 0 spiro atoms. The number of ether oxygens (including phenoxy) is 10. The molecule has 24 bridgehead atoms. The zero-order valence-corrected chi connectivity index (χ0v) is 70.4. The summed E-state index contributed by atoms with van der Waals surface area (Å²) >= 11 is 0. The summed E-state index contributed by atoms with van der Waals surface area (Å²) in [6.07, 6.45) is 22.7. The molecular formula is C104H104N6O12. The quantitative estimate of drug-likeness (QED) is 0.0590. The highest BCUT2D eigenvalue weighted by Crippen LogP contribution is 2.59. The van der Waals surface area contributed by atoms with E-state index in [-0.39, 0.29) is 89.0 Å². The van der Waals surface area contributed by atoms with Crippen LogP contribution in [0.5, 0.6) is 57.5 Å². The lowest BCUT2D eigenvalue weighted by Gasteiger charge is -2.37.